The van der Waals surface area contributed by atoms with Gasteiger partial charge in [0.25, 0.3) is 0 Å². The smallest absolute Gasteiger partial charge is 0.191 e. The monoisotopic (exact) mass is 298 g/mol. The fourth-order valence-corrected chi connectivity index (χ4v) is 1.67. The molecule has 0 unspecified atom stereocenters. The summed E-state index contributed by atoms with van der Waals surface area (Å²) < 4.78 is 2.14. The molecule has 0 spiro atoms. The summed E-state index contributed by atoms with van der Waals surface area (Å²) in [6.45, 7) is 10.6. The van der Waals surface area contributed by atoms with Crippen LogP contribution in [0.25, 0.3) is 0 Å². The molecule has 1 aromatic rings. The molecule has 2 N–H and O–H groups in total. The summed E-state index contributed by atoms with van der Waals surface area (Å²) >= 11 is 1.84. The van der Waals surface area contributed by atoms with Gasteiger partial charge in [-0.1, -0.05) is 0 Å². The van der Waals surface area contributed by atoms with Crippen LogP contribution in [-0.2, 0) is 13.6 Å². The first-order valence-corrected chi connectivity index (χ1v) is 8.04. The van der Waals surface area contributed by atoms with Crippen molar-refractivity contribution >= 4 is 17.7 Å². The normalized spacial score (nSPS) is 12.6. The summed E-state index contributed by atoms with van der Waals surface area (Å²) in [6.07, 6.45) is 2.12. The highest BCUT2D eigenvalue weighted by Gasteiger charge is 2.16. The molecule has 0 aliphatic rings. The summed E-state index contributed by atoms with van der Waals surface area (Å²) in [4.78, 5) is 4.56. The average Bonchev–Trinajstić information content (AvgIpc) is 2.73. The van der Waals surface area contributed by atoms with Crippen molar-refractivity contribution < 1.29 is 0 Å². The van der Waals surface area contributed by atoms with E-state index in [0.717, 1.165) is 30.7 Å². The topological polar surface area (TPSA) is 67.1 Å². The van der Waals surface area contributed by atoms with Crippen molar-refractivity contribution in [2.45, 2.75) is 39.0 Å². The molecule has 0 aromatic carbocycles. The fourth-order valence-electron chi connectivity index (χ4n) is 1.45. The van der Waals surface area contributed by atoms with E-state index in [1.54, 1.807) is 0 Å². The Morgan fingerprint density at radius 1 is 1.35 bits per heavy atom. The zero-order valence-corrected chi connectivity index (χ0v) is 14.1. The second kappa shape index (κ2) is 7.52. The van der Waals surface area contributed by atoms with Crippen molar-refractivity contribution in [2.24, 2.45) is 12.0 Å². The van der Waals surface area contributed by atoms with Crippen molar-refractivity contribution in [1.82, 2.24) is 25.4 Å². The van der Waals surface area contributed by atoms with Crippen LogP contribution < -0.4 is 10.6 Å². The van der Waals surface area contributed by atoms with E-state index in [0.29, 0.717) is 6.54 Å². The zero-order chi connectivity index (χ0) is 15.2. The molecule has 20 heavy (non-hydrogen) atoms. The Kier molecular flexibility index (Phi) is 6.32. The Balaban J connectivity index is 2.65. The van der Waals surface area contributed by atoms with Crippen molar-refractivity contribution in [3.8, 4) is 0 Å². The number of aryl methyl sites for hydroxylation is 1. The third-order valence-corrected chi connectivity index (χ3v) is 4.39. The molecule has 0 amide bonds. The first-order chi connectivity index (χ1) is 9.39. The van der Waals surface area contributed by atoms with Gasteiger partial charge in [0, 0.05) is 24.9 Å². The van der Waals surface area contributed by atoms with Gasteiger partial charge in [-0.05, 0) is 34.0 Å². The second-order valence-corrected chi connectivity index (χ2v) is 6.75. The number of nitrogens with zero attached hydrogens (tertiary/aromatic N) is 4. The predicted octanol–water partition coefficient (Wildman–Crippen LogP) is 1.32. The summed E-state index contributed by atoms with van der Waals surface area (Å²) in [5.41, 5.74) is 0. The molecule has 0 fully saturated rings. The predicted molar refractivity (Wildman–Crippen MR) is 86.2 cm³/mol. The average molecular weight is 298 g/mol. The molecule has 0 aliphatic heterocycles. The van der Waals surface area contributed by atoms with Crippen LogP contribution in [0, 0.1) is 6.92 Å². The van der Waals surface area contributed by atoms with Crippen LogP contribution in [0.15, 0.2) is 4.99 Å². The largest absolute Gasteiger partial charge is 0.357 e. The zero-order valence-electron chi connectivity index (χ0n) is 13.3. The second-order valence-electron chi connectivity index (χ2n) is 5.23. The van der Waals surface area contributed by atoms with Gasteiger partial charge in [0.15, 0.2) is 11.8 Å². The molecule has 1 aromatic heterocycles. The lowest BCUT2D eigenvalue weighted by molar-refractivity contribution is 0.662. The Morgan fingerprint density at radius 2 is 2.05 bits per heavy atom. The number of aliphatic imine (C=N–C) groups is 1. The van der Waals surface area contributed by atoms with Crippen LogP contribution in [-0.4, -0.2) is 44.8 Å². The minimum absolute atomic E-state index is 0.178. The molecule has 6 nitrogen and oxygen atoms in total. The Morgan fingerprint density at radius 3 is 2.55 bits per heavy atom. The van der Waals surface area contributed by atoms with Gasteiger partial charge in [0.05, 0.1) is 0 Å². The van der Waals surface area contributed by atoms with Crippen molar-refractivity contribution in [3.63, 3.8) is 0 Å². The molecule has 0 saturated carbocycles. The van der Waals surface area contributed by atoms with Crippen LogP contribution in [0.3, 0.4) is 0 Å². The highest BCUT2D eigenvalue weighted by molar-refractivity contribution is 7.99. The molecule has 0 bridgehead atoms. The molecular weight excluding hydrogens is 272 g/mol. The standard InChI is InChI=1S/C13H26N6S/c1-7-14-12(16-9-13(3,4)20-6)15-8-11-18-17-10(2)19(11)5/h7-9H2,1-6H3,(H2,14,15,16). The van der Waals surface area contributed by atoms with E-state index < -0.39 is 0 Å². The third-order valence-electron chi connectivity index (χ3n) is 3.14. The lowest BCUT2D eigenvalue weighted by Crippen LogP contribution is -2.43. The first-order valence-electron chi connectivity index (χ1n) is 6.82. The minimum atomic E-state index is 0.178. The summed E-state index contributed by atoms with van der Waals surface area (Å²) in [6, 6.07) is 0. The van der Waals surface area contributed by atoms with Crippen LogP contribution in [0.5, 0.6) is 0 Å². The van der Waals surface area contributed by atoms with Gasteiger partial charge in [-0.2, -0.15) is 11.8 Å². The van der Waals surface area contributed by atoms with E-state index in [1.165, 1.54) is 0 Å². The van der Waals surface area contributed by atoms with Gasteiger partial charge >= 0.3 is 0 Å². The Hall–Kier alpha value is -1.24. The lowest BCUT2D eigenvalue weighted by Gasteiger charge is -2.23. The number of hydrogen-bond donors (Lipinski definition) is 2. The fraction of sp³-hybridized carbons (Fsp3) is 0.769. The summed E-state index contributed by atoms with van der Waals surface area (Å²) in [5.74, 6) is 2.58. The van der Waals surface area contributed by atoms with Gasteiger partial charge in [-0.25, -0.2) is 4.99 Å². The number of rotatable bonds is 6. The lowest BCUT2D eigenvalue weighted by atomic mass is 10.2. The molecule has 7 heteroatoms. The van der Waals surface area contributed by atoms with Gasteiger partial charge in [-0.15, -0.1) is 10.2 Å². The first kappa shape index (κ1) is 16.8. The SMILES string of the molecule is CCNC(=NCc1nnc(C)n1C)NCC(C)(C)SC. The van der Waals surface area contributed by atoms with Gasteiger partial charge in [0.1, 0.15) is 12.4 Å². The number of aromatic nitrogens is 3. The Labute approximate surface area is 125 Å². The van der Waals surface area contributed by atoms with E-state index in [4.69, 9.17) is 0 Å². The maximum Gasteiger partial charge on any atom is 0.191 e. The molecule has 0 aliphatic carbocycles. The number of thioether (sulfide) groups is 1. The third kappa shape index (κ3) is 5.03. The van der Waals surface area contributed by atoms with E-state index in [1.807, 2.05) is 30.3 Å². The van der Waals surface area contributed by atoms with E-state index >= 15 is 0 Å². The molecule has 0 atom stereocenters. The number of hydrogen-bond acceptors (Lipinski definition) is 4. The molecular formula is C13H26N6S. The quantitative estimate of drug-likeness (QED) is 0.612. The van der Waals surface area contributed by atoms with Gasteiger partial charge in [-0.3, -0.25) is 0 Å². The maximum absolute atomic E-state index is 4.56. The molecule has 0 saturated heterocycles. The van der Waals surface area contributed by atoms with E-state index in [9.17, 15) is 0 Å². The van der Waals surface area contributed by atoms with Crippen molar-refractivity contribution in [2.75, 3.05) is 19.3 Å². The van der Waals surface area contributed by atoms with Gasteiger partial charge < -0.3 is 15.2 Å². The summed E-state index contributed by atoms with van der Waals surface area (Å²) in [7, 11) is 1.96. The van der Waals surface area contributed by atoms with Crippen molar-refractivity contribution in [3.05, 3.63) is 11.6 Å². The molecule has 114 valence electrons. The van der Waals surface area contributed by atoms with E-state index in [-0.39, 0.29) is 4.75 Å². The number of guanidine groups is 1. The minimum Gasteiger partial charge on any atom is -0.357 e. The highest BCUT2D eigenvalue weighted by atomic mass is 32.2. The van der Waals surface area contributed by atoms with Crippen LogP contribution in [0.1, 0.15) is 32.4 Å². The van der Waals surface area contributed by atoms with Crippen LogP contribution in [0.4, 0.5) is 0 Å². The number of nitrogens with one attached hydrogen (secondary N) is 2. The molecule has 1 rings (SSSR count). The summed E-state index contributed by atoms with van der Waals surface area (Å²) in [5, 5.41) is 14.8. The molecule has 1 heterocycles. The highest BCUT2D eigenvalue weighted by Crippen LogP contribution is 2.19. The van der Waals surface area contributed by atoms with Crippen molar-refractivity contribution in [1.29, 1.82) is 0 Å². The van der Waals surface area contributed by atoms with Crippen LogP contribution in [0.2, 0.25) is 0 Å². The van der Waals surface area contributed by atoms with Crippen LogP contribution >= 0.6 is 11.8 Å². The van der Waals surface area contributed by atoms with E-state index in [2.05, 4.69) is 52.9 Å². The maximum atomic E-state index is 4.56. The Bertz CT molecular complexity index is 452. The molecule has 0 radical (unpaired) electrons. The van der Waals surface area contributed by atoms with Gasteiger partial charge in [0.2, 0.25) is 0 Å².